The van der Waals surface area contributed by atoms with Crippen LogP contribution < -0.4 is 0 Å². The van der Waals surface area contributed by atoms with Crippen LogP contribution in [0.15, 0.2) is 42.5 Å². The van der Waals surface area contributed by atoms with Crippen molar-refractivity contribution in [3.63, 3.8) is 0 Å². The van der Waals surface area contributed by atoms with Crippen LogP contribution in [0.5, 0.6) is 0 Å². The Labute approximate surface area is 165 Å². The van der Waals surface area contributed by atoms with Gasteiger partial charge in [-0.1, -0.05) is 83.0 Å². The van der Waals surface area contributed by atoms with Gasteiger partial charge in [-0.05, 0) is 81.7 Å². The van der Waals surface area contributed by atoms with Gasteiger partial charge in [-0.3, -0.25) is 0 Å². The number of rotatable bonds is 5. The van der Waals surface area contributed by atoms with Crippen LogP contribution in [-0.4, -0.2) is 0 Å². The molecular formula is C27H34. The fourth-order valence-corrected chi connectivity index (χ4v) is 5.43. The zero-order valence-corrected chi connectivity index (χ0v) is 17.7. The van der Waals surface area contributed by atoms with E-state index < -0.39 is 0 Å². The second kappa shape index (κ2) is 6.97. The molecule has 1 aliphatic rings. The molecular weight excluding hydrogens is 324 g/mol. The molecule has 0 heterocycles. The van der Waals surface area contributed by atoms with Gasteiger partial charge in [-0.25, -0.2) is 0 Å². The monoisotopic (exact) mass is 358 g/mol. The van der Waals surface area contributed by atoms with Crippen LogP contribution >= 0.6 is 0 Å². The largest absolute Gasteiger partial charge is 0.0628 e. The SMILES string of the molecule is Cc1cccc2ccc3c4c(ccc3c12)[C@](C)([C@H](C)CCCC(C)C)CC4. The minimum absolute atomic E-state index is 0.335. The zero-order chi connectivity index (χ0) is 19.2. The highest BCUT2D eigenvalue weighted by Gasteiger charge is 2.39. The van der Waals surface area contributed by atoms with Crippen LogP contribution in [-0.2, 0) is 11.8 Å². The van der Waals surface area contributed by atoms with Crippen molar-refractivity contribution in [3.05, 3.63) is 59.2 Å². The molecule has 0 radical (unpaired) electrons. The lowest BCUT2D eigenvalue weighted by Crippen LogP contribution is -2.27. The normalized spacial score (nSPS) is 20.5. The lowest BCUT2D eigenvalue weighted by Gasteiger charge is -2.33. The number of hydrogen-bond acceptors (Lipinski definition) is 0. The molecule has 0 heteroatoms. The predicted octanol–water partition coefficient (Wildman–Crippen LogP) is 7.97. The molecule has 0 spiro atoms. The molecule has 1 aliphatic carbocycles. The molecule has 0 aromatic heterocycles. The Morgan fingerprint density at radius 3 is 2.48 bits per heavy atom. The van der Waals surface area contributed by atoms with Crippen molar-refractivity contribution >= 4 is 21.5 Å². The van der Waals surface area contributed by atoms with Crippen molar-refractivity contribution in [2.75, 3.05) is 0 Å². The zero-order valence-electron chi connectivity index (χ0n) is 17.7. The average molecular weight is 359 g/mol. The molecule has 0 fully saturated rings. The van der Waals surface area contributed by atoms with Gasteiger partial charge in [0.2, 0.25) is 0 Å². The highest BCUT2D eigenvalue weighted by Crippen LogP contribution is 2.48. The van der Waals surface area contributed by atoms with Crippen molar-refractivity contribution in [3.8, 4) is 0 Å². The second-order valence-electron chi connectivity index (χ2n) is 9.57. The van der Waals surface area contributed by atoms with Gasteiger partial charge in [0.1, 0.15) is 0 Å². The molecule has 0 unspecified atom stereocenters. The van der Waals surface area contributed by atoms with Crippen molar-refractivity contribution in [1.29, 1.82) is 0 Å². The summed E-state index contributed by atoms with van der Waals surface area (Å²) < 4.78 is 0. The average Bonchev–Trinajstić information content (AvgIpc) is 2.99. The van der Waals surface area contributed by atoms with E-state index in [2.05, 4.69) is 77.1 Å². The fourth-order valence-electron chi connectivity index (χ4n) is 5.43. The topological polar surface area (TPSA) is 0 Å². The summed E-state index contributed by atoms with van der Waals surface area (Å²) in [4.78, 5) is 0. The molecule has 3 aromatic rings. The molecule has 0 amide bonds. The van der Waals surface area contributed by atoms with E-state index in [0.29, 0.717) is 5.41 Å². The lowest BCUT2D eigenvalue weighted by molar-refractivity contribution is 0.283. The highest BCUT2D eigenvalue weighted by atomic mass is 14.4. The summed E-state index contributed by atoms with van der Waals surface area (Å²) in [6.07, 6.45) is 6.60. The molecule has 0 aliphatic heterocycles. The van der Waals surface area contributed by atoms with E-state index in [9.17, 15) is 0 Å². The first-order chi connectivity index (χ1) is 12.9. The quantitative estimate of drug-likeness (QED) is 0.406. The van der Waals surface area contributed by atoms with Gasteiger partial charge in [-0.2, -0.15) is 0 Å². The van der Waals surface area contributed by atoms with Gasteiger partial charge in [0.15, 0.2) is 0 Å². The smallest absolute Gasteiger partial charge is 0.00435 e. The lowest BCUT2D eigenvalue weighted by atomic mass is 9.71. The summed E-state index contributed by atoms with van der Waals surface area (Å²) in [7, 11) is 0. The number of benzene rings is 3. The molecule has 0 saturated carbocycles. The Morgan fingerprint density at radius 1 is 0.926 bits per heavy atom. The maximum Gasteiger partial charge on any atom is -0.00435 e. The summed E-state index contributed by atoms with van der Waals surface area (Å²) in [6, 6.07) is 16.2. The first-order valence-electron chi connectivity index (χ1n) is 10.9. The maximum atomic E-state index is 2.52. The number of aryl methyl sites for hydroxylation is 2. The van der Waals surface area contributed by atoms with Crippen molar-refractivity contribution in [2.24, 2.45) is 11.8 Å². The Kier molecular flexibility index (Phi) is 4.78. The van der Waals surface area contributed by atoms with E-state index in [0.717, 1.165) is 11.8 Å². The van der Waals surface area contributed by atoms with E-state index in [1.165, 1.54) is 59.2 Å². The predicted molar refractivity (Wildman–Crippen MR) is 120 cm³/mol. The molecule has 0 N–H and O–H groups in total. The van der Waals surface area contributed by atoms with Gasteiger partial charge >= 0.3 is 0 Å². The Hall–Kier alpha value is -1.82. The van der Waals surface area contributed by atoms with Crippen LogP contribution in [0.1, 0.15) is 70.1 Å². The molecule has 27 heavy (non-hydrogen) atoms. The molecule has 142 valence electrons. The number of hydrogen-bond donors (Lipinski definition) is 0. The van der Waals surface area contributed by atoms with E-state index in [-0.39, 0.29) is 0 Å². The third-order valence-corrected chi connectivity index (χ3v) is 7.38. The van der Waals surface area contributed by atoms with Crippen molar-refractivity contribution in [2.45, 2.75) is 72.1 Å². The Morgan fingerprint density at radius 2 is 1.70 bits per heavy atom. The third kappa shape index (κ3) is 3.08. The Bertz CT molecular complexity index is 978. The van der Waals surface area contributed by atoms with Crippen LogP contribution in [0.4, 0.5) is 0 Å². The van der Waals surface area contributed by atoms with Crippen molar-refractivity contribution < 1.29 is 0 Å². The van der Waals surface area contributed by atoms with Gasteiger partial charge < -0.3 is 0 Å². The standard InChI is InChI=1S/C27H34/c1-18(2)8-6-10-20(4)27(5)17-16-23-22-13-12-21-11-7-9-19(3)26(21)24(22)14-15-25(23)27/h7,9,11-15,18,20H,6,8,10,16-17H2,1-5H3/t20-,27+/m1/s1. The second-order valence-corrected chi connectivity index (χ2v) is 9.57. The molecule has 0 nitrogen and oxygen atoms in total. The van der Waals surface area contributed by atoms with Crippen LogP contribution in [0, 0.1) is 18.8 Å². The van der Waals surface area contributed by atoms with Crippen molar-refractivity contribution in [1.82, 2.24) is 0 Å². The Balaban J connectivity index is 1.76. The first-order valence-corrected chi connectivity index (χ1v) is 10.9. The molecule has 0 saturated heterocycles. The van der Waals surface area contributed by atoms with Crippen LogP contribution in [0.2, 0.25) is 0 Å². The van der Waals surface area contributed by atoms with E-state index in [4.69, 9.17) is 0 Å². The molecule has 3 aromatic carbocycles. The van der Waals surface area contributed by atoms with Gasteiger partial charge in [0.25, 0.3) is 0 Å². The summed E-state index contributed by atoms with van der Waals surface area (Å²) >= 11 is 0. The summed E-state index contributed by atoms with van der Waals surface area (Å²) in [5.74, 6) is 1.57. The summed E-state index contributed by atoms with van der Waals surface area (Å²) in [5, 5.41) is 5.75. The molecule has 4 rings (SSSR count). The third-order valence-electron chi connectivity index (χ3n) is 7.38. The van der Waals surface area contributed by atoms with E-state index in [1.807, 2.05) is 0 Å². The summed E-state index contributed by atoms with van der Waals surface area (Å²) in [6.45, 7) is 11.9. The van der Waals surface area contributed by atoms with Crippen LogP contribution in [0.3, 0.4) is 0 Å². The minimum atomic E-state index is 0.335. The van der Waals surface area contributed by atoms with E-state index >= 15 is 0 Å². The van der Waals surface area contributed by atoms with Crippen LogP contribution in [0.25, 0.3) is 21.5 Å². The first kappa shape index (κ1) is 18.5. The van der Waals surface area contributed by atoms with E-state index in [1.54, 1.807) is 11.1 Å². The molecule has 0 bridgehead atoms. The molecule has 2 atom stereocenters. The maximum absolute atomic E-state index is 2.52. The minimum Gasteiger partial charge on any atom is -0.0628 e. The van der Waals surface area contributed by atoms with Gasteiger partial charge in [0.05, 0.1) is 0 Å². The fraction of sp³-hybridized carbons (Fsp3) is 0.481. The number of fused-ring (bicyclic) bond motifs is 5. The highest BCUT2D eigenvalue weighted by molar-refractivity contribution is 6.10. The van der Waals surface area contributed by atoms with Gasteiger partial charge in [-0.15, -0.1) is 0 Å². The van der Waals surface area contributed by atoms with Gasteiger partial charge in [0, 0.05) is 0 Å². The summed E-state index contributed by atoms with van der Waals surface area (Å²) in [5.41, 5.74) is 4.97.